The van der Waals surface area contributed by atoms with Crippen molar-refractivity contribution in [2.45, 2.75) is 31.8 Å². The Labute approximate surface area is 166 Å². The summed E-state index contributed by atoms with van der Waals surface area (Å²) in [6.07, 6.45) is 2.43. The van der Waals surface area contributed by atoms with Crippen molar-refractivity contribution >= 4 is 17.5 Å². The van der Waals surface area contributed by atoms with E-state index < -0.39 is 0 Å². The van der Waals surface area contributed by atoms with Crippen molar-refractivity contribution in [3.63, 3.8) is 0 Å². The van der Waals surface area contributed by atoms with Gasteiger partial charge in [0.1, 0.15) is 5.75 Å². The molecule has 1 saturated heterocycles. The predicted octanol–water partition coefficient (Wildman–Crippen LogP) is 4.01. The van der Waals surface area contributed by atoms with Gasteiger partial charge in [0.2, 0.25) is 5.91 Å². The van der Waals surface area contributed by atoms with Crippen LogP contribution in [0.15, 0.2) is 48.5 Å². The van der Waals surface area contributed by atoms with Crippen molar-refractivity contribution < 1.29 is 9.53 Å². The molecule has 3 rings (SSSR count). The molecule has 5 heteroatoms. The topological polar surface area (TPSA) is 32.8 Å². The molecule has 0 atom stereocenters. The Hall–Kier alpha value is -2.04. The van der Waals surface area contributed by atoms with E-state index in [0.717, 1.165) is 42.8 Å². The summed E-state index contributed by atoms with van der Waals surface area (Å²) in [6, 6.07) is 15.8. The van der Waals surface area contributed by atoms with Gasteiger partial charge in [-0.3, -0.25) is 4.79 Å². The van der Waals surface area contributed by atoms with Gasteiger partial charge in [-0.25, -0.2) is 0 Å². The molecule has 0 unspecified atom stereocenters. The Morgan fingerprint density at radius 3 is 2.26 bits per heavy atom. The summed E-state index contributed by atoms with van der Waals surface area (Å²) >= 11 is 6.01. The van der Waals surface area contributed by atoms with Crippen molar-refractivity contribution in [2.75, 3.05) is 27.2 Å². The van der Waals surface area contributed by atoms with Gasteiger partial charge in [0, 0.05) is 17.6 Å². The van der Waals surface area contributed by atoms with E-state index in [1.54, 1.807) is 7.11 Å². The SMILES string of the molecule is COc1ccc(CC(=O)N(Cc2ccc(Cl)cc2)C2CCN(C)CC2)cc1. The molecule has 144 valence electrons. The maximum atomic E-state index is 13.2. The Morgan fingerprint density at radius 2 is 1.67 bits per heavy atom. The van der Waals surface area contributed by atoms with Gasteiger partial charge in [-0.2, -0.15) is 0 Å². The number of likely N-dealkylation sites (tertiary alicyclic amines) is 1. The minimum Gasteiger partial charge on any atom is -0.497 e. The van der Waals surface area contributed by atoms with Gasteiger partial charge >= 0.3 is 0 Å². The number of nitrogens with zero attached hydrogens (tertiary/aromatic N) is 2. The largest absolute Gasteiger partial charge is 0.497 e. The van der Waals surface area contributed by atoms with Gasteiger partial charge in [0.25, 0.3) is 0 Å². The molecular formula is C22H27ClN2O2. The number of amides is 1. The molecule has 1 aliphatic rings. The van der Waals surface area contributed by atoms with E-state index in [1.165, 1.54) is 0 Å². The van der Waals surface area contributed by atoms with Crippen LogP contribution in [0.4, 0.5) is 0 Å². The second-order valence-electron chi connectivity index (χ2n) is 7.21. The normalized spacial score (nSPS) is 15.5. The number of carbonyl (C=O) groups is 1. The first-order valence-corrected chi connectivity index (χ1v) is 9.78. The molecule has 0 bridgehead atoms. The number of benzene rings is 2. The van der Waals surface area contributed by atoms with Crippen LogP contribution in [0, 0.1) is 0 Å². The molecule has 0 saturated carbocycles. The summed E-state index contributed by atoms with van der Waals surface area (Å²) in [5, 5.41) is 0.717. The standard InChI is InChI=1S/C22H27ClN2O2/c1-24-13-11-20(12-14-24)25(16-18-3-7-19(23)8-4-18)22(26)15-17-5-9-21(27-2)10-6-17/h3-10,20H,11-16H2,1-2H3. The lowest BCUT2D eigenvalue weighted by Crippen LogP contribution is -2.46. The fourth-order valence-electron chi connectivity index (χ4n) is 3.53. The van der Waals surface area contributed by atoms with Crippen LogP contribution in [-0.4, -0.2) is 49.0 Å². The summed E-state index contributed by atoms with van der Waals surface area (Å²) in [5.41, 5.74) is 2.12. The Bertz CT molecular complexity index is 738. The highest BCUT2D eigenvalue weighted by atomic mass is 35.5. The van der Waals surface area contributed by atoms with E-state index in [0.29, 0.717) is 18.0 Å². The first kappa shape index (κ1) is 19.7. The maximum Gasteiger partial charge on any atom is 0.227 e. The van der Waals surface area contributed by atoms with E-state index in [2.05, 4.69) is 16.8 Å². The molecule has 0 aliphatic carbocycles. The van der Waals surface area contributed by atoms with Crippen molar-refractivity contribution in [2.24, 2.45) is 0 Å². The van der Waals surface area contributed by atoms with Crippen LogP contribution >= 0.6 is 11.6 Å². The molecule has 4 nitrogen and oxygen atoms in total. The quantitative estimate of drug-likeness (QED) is 0.751. The third-order valence-electron chi connectivity index (χ3n) is 5.23. The van der Waals surface area contributed by atoms with Gasteiger partial charge in [-0.05, 0) is 68.4 Å². The lowest BCUT2D eigenvalue weighted by Gasteiger charge is -2.37. The fourth-order valence-corrected chi connectivity index (χ4v) is 3.66. The van der Waals surface area contributed by atoms with Crippen LogP contribution in [0.25, 0.3) is 0 Å². The molecule has 1 amide bonds. The van der Waals surface area contributed by atoms with E-state index in [-0.39, 0.29) is 11.9 Å². The van der Waals surface area contributed by atoms with Gasteiger partial charge < -0.3 is 14.5 Å². The van der Waals surface area contributed by atoms with Crippen molar-refractivity contribution in [1.29, 1.82) is 0 Å². The van der Waals surface area contributed by atoms with Crippen molar-refractivity contribution in [3.8, 4) is 5.75 Å². The fraction of sp³-hybridized carbons (Fsp3) is 0.409. The third-order valence-corrected chi connectivity index (χ3v) is 5.48. The molecule has 1 heterocycles. The monoisotopic (exact) mass is 386 g/mol. The minimum absolute atomic E-state index is 0.171. The van der Waals surface area contributed by atoms with E-state index >= 15 is 0 Å². The maximum absolute atomic E-state index is 13.2. The molecule has 2 aromatic rings. The van der Waals surface area contributed by atoms with Crippen LogP contribution in [0.1, 0.15) is 24.0 Å². The average Bonchev–Trinajstić information content (AvgIpc) is 2.69. The molecule has 0 radical (unpaired) electrons. The number of rotatable bonds is 6. The Kier molecular flexibility index (Phi) is 6.75. The molecule has 2 aromatic carbocycles. The summed E-state index contributed by atoms with van der Waals surface area (Å²) in [4.78, 5) is 17.6. The molecule has 0 N–H and O–H groups in total. The molecule has 27 heavy (non-hydrogen) atoms. The van der Waals surface area contributed by atoms with Crippen LogP contribution < -0.4 is 4.74 Å². The average molecular weight is 387 g/mol. The van der Waals surface area contributed by atoms with Crippen LogP contribution in [0.3, 0.4) is 0 Å². The molecule has 0 aromatic heterocycles. The predicted molar refractivity (Wildman–Crippen MR) is 109 cm³/mol. The Morgan fingerprint density at radius 1 is 1.07 bits per heavy atom. The number of halogens is 1. The van der Waals surface area contributed by atoms with Crippen molar-refractivity contribution in [3.05, 3.63) is 64.7 Å². The van der Waals surface area contributed by atoms with Crippen molar-refractivity contribution in [1.82, 2.24) is 9.80 Å². The Balaban J connectivity index is 1.74. The van der Waals surface area contributed by atoms with Crippen LogP contribution in [-0.2, 0) is 17.8 Å². The van der Waals surface area contributed by atoms with Crippen LogP contribution in [0.2, 0.25) is 5.02 Å². The van der Waals surface area contributed by atoms with Gasteiger partial charge in [0.15, 0.2) is 0 Å². The highest BCUT2D eigenvalue weighted by molar-refractivity contribution is 6.30. The zero-order valence-electron chi connectivity index (χ0n) is 16.0. The summed E-state index contributed by atoms with van der Waals surface area (Å²) in [5.74, 6) is 0.976. The van der Waals surface area contributed by atoms with E-state index in [4.69, 9.17) is 16.3 Å². The van der Waals surface area contributed by atoms with Gasteiger partial charge in [-0.15, -0.1) is 0 Å². The highest BCUT2D eigenvalue weighted by Gasteiger charge is 2.27. The number of piperidine rings is 1. The number of methoxy groups -OCH3 is 1. The number of hydrogen-bond donors (Lipinski definition) is 0. The zero-order valence-corrected chi connectivity index (χ0v) is 16.8. The van der Waals surface area contributed by atoms with Gasteiger partial charge in [-0.1, -0.05) is 35.9 Å². The molecule has 1 fully saturated rings. The third kappa shape index (κ3) is 5.47. The minimum atomic E-state index is 0.171. The van der Waals surface area contributed by atoms with Gasteiger partial charge in [0.05, 0.1) is 13.5 Å². The number of hydrogen-bond acceptors (Lipinski definition) is 3. The summed E-state index contributed by atoms with van der Waals surface area (Å²) in [6.45, 7) is 2.68. The molecule has 1 aliphatic heterocycles. The molecular weight excluding hydrogens is 360 g/mol. The van der Waals surface area contributed by atoms with Crippen LogP contribution in [0.5, 0.6) is 5.75 Å². The smallest absolute Gasteiger partial charge is 0.227 e. The lowest BCUT2D eigenvalue weighted by atomic mass is 10.0. The second kappa shape index (κ2) is 9.25. The summed E-state index contributed by atoms with van der Waals surface area (Å²) < 4.78 is 5.20. The first-order valence-electron chi connectivity index (χ1n) is 9.40. The number of ether oxygens (including phenoxy) is 1. The summed E-state index contributed by atoms with van der Waals surface area (Å²) in [7, 11) is 3.78. The second-order valence-corrected chi connectivity index (χ2v) is 7.64. The van der Waals surface area contributed by atoms with E-state index in [1.807, 2.05) is 48.5 Å². The lowest BCUT2D eigenvalue weighted by molar-refractivity contribution is -0.134. The number of carbonyl (C=O) groups excluding carboxylic acids is 1. The highest BCUT2D eigenvalue weighted by Crippen LogP contribution is 2.21. The van der Waals surface area contributed by atoms with E-state index in [9.17, 15) is 4.79 Å². The zero-order chi connectivity index (χ0) is 19.2. The molecule has 0 spiro atoms. The first-order chi connectivity index (χ1) is 13.0.